The van der Waals surface area contributed by atoms with Gasteiger partial charge in [0.25, 0.3) is 0 Å². The van der Waals surface area contributed by atoms with Crippen LogP contribution in [0.3, 0.4) is 0 Å². The van der Waals surface area contributed by atoms with Gasteiger partial charge in [0.15, 0.2) is 0 Å². The molecule has 0 aromatic rings. The second-order valence-electron chi connectivity index (χ2n) is 4.16. The first-order valence-corrected chi connectivity index (χ1v) is 8.52. The standard InChI is InChI=1S/C20H13NO3S.16H2/c1-4-5-6-7-8-9-10-11-12-13-14-15-16-17-18-20(22)19(2)21-25(3,23)24;;;;;;;;;;;;;;;;/h18-22H,1H2,2-3H3;16*1H/t19-,20-;;;;;;;;;;;;;;;;/m0................/s1. The van der Waals surface area contributed by atoms with Crippen LogP contribution in [-0.2, 0) is 10.0 Å². The Balaban J connectivity index is -0.0000000240. The topological polar surface area (TPSA) is 66.4 Å². The summed E-state index contributed by atoms with van der Waals surface area (Å²) in [5.41, 5.74) is 34.3. The van der Waals surface area contributed by atoms with E-state index in [0.717, 1.165) is 6.26 Å². The monoisotopic (exact) mass is 379 g/mol. The van der Waals surface area contributed by atoms with Crippen molar-refractivity contribution < 1.29 is 36.4 Å². The molecule has 0 heterocycles. The maximum Gasteiger partial charge on any atom is 0.209 e. The number of hydrogen-bond acceptors (Lipinski definition) is 3. The van der Waals surface area contributed by atoms with Crippen LogP contribution in [0.1, 0.15) is 29.7 Å². The zero-order chi connectivity index (χ0) is 19.0. The van der Waals surface area contributed by atoms with Crippen LogP contribution in [0.25, 0.3) is 0 Å². The lowest BCUT2D eigenvalue weighted by atomic mass is 10.2. The van der Waals surface area contributed by atoms with Crippen LogP contribution in [0, 0.1) is 0 Å². The van der Waals surface area contributed by atoms with Crippen LogP contribution in [0.5, 0.6) is 0 Å². The highest BCUT2D eigenvalue weighted by atomic mass is 32.2. The smallest absolute Gasteiger partial charge is 0.209 e. The summed E-state index contributed by atoms with van der Waals surface area (Å²) in [7, 11) is -3.39. The van der Waals surface area contributed by atoms with Gasteiger partial charge in [-0.25, -0.2) is 13.1 Å². The molecular weight excluding hydrogens is 334 g/mol. The van der Waals surface area contributed by atoms with Gasteiger partial charge in [0.05, 0.1) is 12.4 Å². The first-order chi connectivity index (χ1) is 11.9. The Kier molecular flexibility index (Phi) is 11.2. The molecule has 2 N–H and O–H groups in total. The molecule has 0 fully saturated rings. The van der Waals surface area contributed by atoms with E-state index in [2.05, 4.69) is 91.5 Å². The van der Waals surface area contributed by atoms with E-state index in [-0.39, 0.29) is 22.8 Å². The number of aliphatic hydroxyl groups is 1. The molecule has 0 saturated heterocycles. The van der Waals surface area contributed by atoms with Crippen LogP contribution in [0.15, 0.2) is 92.9 Å². The van der Waals surface area contributed by atoms with Crippen molar-refractivity contribution in [2.45, 2.75) is 19.1 Å². The quantitative estimate of drug-likeness (QED) is 0.627. The summed E-state index contributed by atoms with van der Waals surface area (Å²) in [6, 6.07) is -0.691. The summed E-state index contributed by atoms with van der Waals surface area (Å²) in [4.78, 5) is 0. The van der Waals surface area contributed by atoms with Gasteiger partial charge in [-0.2, -0.15) is 0 Å². The Morgan fingerprint density at radius 1 is 0.920 bits per heavy atom. The summed E-state index contributed by atoms with van der Waals surface area (Å²) in [6.45, 7) is 4.81. The average molecular weight is 380 g/mol. The van der Waals surface area contributed by atoms with E-state index >= 15 is 0 Å². The molecule has 0 bridgehead atoms. The molecule has 2 atom stereocenters. The Labute approximate surface area is 170 Å². The zero-order valence-electron chi connectivity index (χ0n) is 13.6. The van der Waals surface area contributed by atoms with Crippen molar-refractivity contribution in [1.29, 1.82) is 0 Å². The summed E-state index contributed by atoms with van der Waals surface area (Å²) in [6.07, 6.45) is 1.19. The highest BCUT2D eigenvalue weighted by Crippen LogP contribution is 1.95. The van der Waals surface area contributed by atoms with Crippen LogP contribution in [0.2, 0.25) is 0 Å². The van der Waals surface area contributed by atoms with Crippen molar-refractivity contribution in [3.63, 3.8) is 0 Å². The van der Waals surface area contributed by atoms with Gasteiger partial charge in [-0.05, 0) is 88.4 Å². The lowest BCUT2D eigenvalue weighted by molar-refractivity contribution is 0.191. The summed E-state index contributed by atoms with van der Waals surface area (Å²) < 4.78 is 24.2. The number of aliphatic hydroxyl groups excluding tert-OH is 1. The second-order valence-corrected chi connectivity index (χ2v) is 5.94. The van der Waals surface area contributed by atoms with Crippen LogP contribution < -0.4 is 4.72 Å². The van der Waals surface area contributed by atoms with Crippen molar-refractivity contribution >= 4 is 10.0 Å². The van der Waals surface area contributed by atoms with Crippen molar-refractivity contribution in [2.24, 2.45) is 0 Å². The Morgan fingerprint density at radius 3 is 1.72 bits per heavy atom. The molecule has 0 aromatic heterocycles. The third-order valence-electron chi connectivity index (χ3n) is 2.01. The molecule has 0 aliphatic rings. The Hall–Kier alpha value is -3.47. The van der Waals surface area contributed by atoms with Crippen LogP contribution in [-0.4, -0.2) is 31.9 Å². The van der Waals surface area contributed by atoms with E-state index in [1.807, 2.05) is 0 Å². The average Bonchev–Trinajstić information content (AvgIpc) is 2.53. The zero-order valence-corrected chi connectivity index (χ0v) is 14.4. The molecule has 4 nitrogen and oxygen atoms in total. The fraction of sp³-hybridized carbons (Fsp3) is 0.200. The fourth-order valence-electron chi connectivity index (χ4n) is 1.07. The van der Waals surface area contributed by atoms with Gasteiger partial charge in [0, 0.05) is 28.9 Å². The molecule has 0 saturated carbocycles. The van der Waals surface area contributed by atoms with E-state index in [1.165, 1.54) is 13.0 Å². The lowest BCUT2D eigenvalue weighted by Gasteiger charge is -2.14. The fourth-order valence-corrected chi connectivity index (χ4v) is 1.89. The van der Waals surface area contributed by atoms with Gasteiger partial charge < -0.3 is 5.11 Å². The van der Waals surface area contributed by atoms with Gasteiger partial charge in [-0.3, -0.25) is 0 Å². The highest BCUT2D eigenvalue weighted by Gasteiger charge is 2.14. The largest absolute Gasteiger partial charge is 0.387 e. The number of sulfonamides is 1. The third-order valence-corrected chi connectivity index (χ3v) is 2.81. The van der Waals surface area contributed by atoms with Crippen LogP contribution in [0.4, 0.5) is 0 Å². The normalized spacial score (nSPS) is 9.88. The molecule has 0 aliphatic carbocycles. The summed E-state index contributed by atoms with van der Waals surface area (Å²) in [5.74, 6) is 0. The maximum atomic E-state index is 11.0. The lowest BCUT2D eigenvalue weighted by Crippen LogP contribution is -2.39. The number of hydrogen-bond donors (Lipinski definition) is 2. The molecule has 0 rings (SSSR count). The molecule has 0 amide bonds. The summed E-state index contributed by atoms with van der Waals surface area (Å²) >= 11 is 0. The molecule has 0 unspecified atom stereocenters. The summed E-state index contributed by atoms with van der Waals surface area (Å²) in [5, 5.41) is 9.66. The first kappa shape index (κ1) is 21.5. The van der Waals surface area contributed by atoms with E-state index in [1.54, 1.807) is 0 Å². The Bertz CT molecular complexity index is 1170. The van der Waals surface area contributed by atoms with E-state index in [4.69, 9.17) is 0 Å². The van der Waals surface area contributed by atoms with Crippen molar-refractivity contribution in [3.05, 3.63) is 92.9 Å². The van der Waals surface area contributed by atoms with Gasteiger partial charge in [0.2, 0.25) is 10.0 Å². The molecule has 0 spiro atoms. The molecule has 0 radical (unpaired) electrons. The second kappa shape index (κ2) is 13.0. The van der Waals surface area contributed by atoms with Gasteiger partial charge in [-0.1, -0.05) is 11.5 Å². The minimum absolute atomic E-state index is 0. The van der Waals surface area contributed by atoms with Crippen molar-refractivity contribution in [3.8, 4) is 0 Å². The van der Waals surface area contributed by atoms with E-state index < -0.39 is 22.2 Å². The molecule has 0 aliphatic heterocycles. The van der Waals surface area contributed by atoms with Gasteiger partial charge in [-0.15, -0.1) is 0 Å². The minimum Gasteiger partial charge on any atom is -0.387 e. The molecular formula is C20H45NO3S. The molecule has 0 aromatic carbocycles. The van der Waals surface area contributed by atoms with Crippen LogP contribution >= 0.6 is 0 Å². The Morgan fingerprint density at radius 2 is 1.32 bits per heavy atom. The maximum absolute atomic E-state index is 11.0. The molecule has 154 valence electrons. The van der Waals surface area contributed by atoms with Crippen molar-refractivity contribution in [1.82, 2.24) is 4.72 Å². The molecule has 25 heavy (non-hydrogen) atoms. The van der Waals surface area contributed by atoms with E-state index in [9.17, 15) is 13.5 Å². The van der Waals surface area contributed by atoms with Gasteiger partial charge >= 0.3 is 0 Å². The predicted molar refractivity (Wildman–Crippen MR) is 127 cm³/mol. The first-order valence-electron chi connectivity index (χ1n) is 6.63. The number of nitrogens with one attached hydrogen (secondary N) is 1. The van der Waals surface area contributed by atoms with Crippen molar-refractivity contribution in [2.75, 3.05) is 6.26 Å². The SMILES string of the molecule is C=C=C=C=C=C=C=C=C=C=C=C=C=C=C=C[C@H](O)[C@H](C)NS(C)(=O)=O.[HH].[HH].[HH].[HH].[HH].[HH].[HH].[HH].[HH].[HH].[HH].[HH].[HH].[HH].[HH].[HH]. The van der Waals surface area contributed by atoms with E-state index in [0.29, 0.717) is 0 Å². The minimum atomic E-state index is -3.39. The predicted octanol–water partition coefficient (Wildman–Crippen LogP) is 5.58. The number of rotatable bonds is 4. The third kappa shape index (κ3) is 15.2. The van der Waals surface area contributed by atoms with Gasteiger partial charge in [0.1, 0.15) is 0 Å². The highest BCUT2D eigenvalue weighted by molar-refractivity contribution is 7.88. The molecule has 5 heteroatoms.